The van der Waals surface area contributed by atoms with Gasteiger partial charge < -0.3 is 0 Å². The lowest BCUT2D eigenvalue weighted by Gasteiger charge is -2.04. The number of benzene rings is 1. The molecule has 0 N–H and O–H groups in total. The minimum absolute atomic E-state index is 0.746. The molecule has 16 heavy (non-hydrogen) atoms. The van der Waals surface area contributed by atoms with Crippen molar-refractivity contribution in [2.24, 2.45) is 4.99 Å². The average Bonchev–Trinajstić information content (AvgIpc) is 2.71. The molecular weight excluding hydrogens is 220 g/mol. The van der Waals surface area contributed by atoms with Gasteiger partial charge in [0.25, 0.3) is 0 Å². The second-order valence-electron chi connectivity index (χ2n) is 3.49. The summed E-state index contributed by atoms with van der Waals surface area (Å²) < 4.78 is 2.00. The third-order valence-corrected chi connectivity index (χ3v) is 3.26. The number of hydrogen-bond acceptors (Lipinski definition) is 4. The molecule has 0 bridgehead atoms. The summed E-state index contributed by atoms with van der Waals surface area (Å²) in [5.74, 6) is 0.943. The Bertz CT molecular complexity index is 559. The molecule has 4 nitrogen and oxygen atoms in total. The maximum atomic E-state index is 4.64. The zero-order chi connectivity index (χ0) is 11.0. The smallest absolute Gasteiger partial charge is 0.144 e. The van der Waals surface area contributed by atoms with Crippen molar-refractivity contribution >= 4 is 22.5 Å². The van der Waals surface area contributed by atoms with Crippen molar-refractivity contribution in [1.29, 1.82) is 0 Å². The van der Waals surface area contributed by atoms with Crippen molar-refractivity contribution in [3.05, 3.63) is 36.4 Å². The van der Waals surface area contributed by atoms with Crippen LogP contribution in [-0.4, -0.2) is 26.1 Å². The van der Waals surface area contributed by atoms with Gasteiger partial charge in [-0.2, -0.15) is 0 Å². The third-order valence-electron chi connectivity index (χ3n) is 2.55. The molecule has 2 aromatic rings. The maximum absolute atomic E-state index is 4.64. The highest BCUT2D eigenvalue weighted by Crippen LogP contribution is 2.28. The molecule has 80 valence electrons. The molecule has 0 saturated heterocycles. The number of fused-ring (bicyclic) bond motifs is 3. The molecule has 1 aromatic heterocycles. The molecule has 1 aromatic carbocycles. The van der Waals surface area contributed by atoms with Crippen LogP contribution >= 0.6 is 11.8 Å². The van der Waals surface area contributed by atoms with E-state index in [4.69, 9.17) is 0 Å². The summed E-state index contributed by atoms with van der Waals surface area (Å²) in [6, 6.07) is 8.05. The van der Waals surface area contributed by atoms with Crippen LogP contribution in [0.15, 0.2) is 35.6 Å². The Morgan fingerprint density at radius 1 is 1.31 bits per heavy atom. The Kier molecular flexibility index (Phi) is 2.25. The molecule has 0 atom stereocenters. The molecule has 0 spiro atoms. The molecule has 0 amide bonds. The van der Waals surface area contributed by atoms with Gasteiger partial charge >= 0.3 is 0 Å². The van der Waals surface area contributed by atoms with Crippen LogP contribution in [0, 0.1) is 0 Å². The zero-order valence-corrected chi connectivity index (χ0v) is 9.61. The maximum Gasteiger partial charge on any atom is 0.144 e. The third kappa shape index (κ3) is 1.44. The number of thioether (sulfide) groups is 1. The van der Waals surface area contributed by atoms with Crippen LogP contribution in [-0.2, 0) is 6.42 Å². The molecule has 1 aliphatic heterocycles. The van der Waals surface area contributed by atoms with Gasteiger partial charge in [-0.1, -0.05) is 12.1 Å². The minimum Gasteiger partial charge on any atom is -0.283 e. The summed E-state index contributed by atoms with van der Waals surface area (Å²) in [6.07, 6.45) is 4.52. The fourth-order valence-corrected chi connectivity index (χ4v) is 2.23. The first-order chi connectivity index (χ1) is 7.88. The monoisotopic (exact) mass is 230 g/mol. The summed E-state index contributed by atoms with van der Waals surface area (Å²) in [7, 11) is 0. The Morgan fingerprint density at radius 2 is 2.19 bits per heavy atom. The summed E-state index contributed by atoms with van der Waals surface area (Å²) in [5, 5.41) is 9.16. The fraction of sp³-hybridized carbons (Fsp3) is 0.182. The molecule has 0 radical (unpaired) electrons. The van der Waals surface area contributed by atoms with E-state index >= 15 is 0 Å². The minimum atomic E-state index is 0.746. The highest BCUT2D eigenvalue weighted by Gasteiger charge is 2.16. The first kappa shape index (κ1) is 9.59. The number of nitrogens with zero attached hydrogens (tertiary/aromatic N) is 4. The van der Waals surface area contributed by atoms with Crippen molar-refractivity contribution in [2.45, 2.75) is 6.42 Å². The van der Waals surface area contributed by atoms with Crippen LogP contribution in [0.1, 0.15) is 5.82 Å². The van der Waals surface area contributed by atoms with Crippen LogP contribution in [0.3, 0.4) is 0 Å². The van der Waals surface area contributed by atoms with E-state index in [-0.39, 0.29) is 0 Å². The lowest BCUT2D eigenvalue weighted by molar-refractivity contribution is 0.950. The Morgan fingerprint density at radius 3 is 3.06 bits per heavy atom. The Balaban J connectivity index is 2.28. The van der Waals surface area contributed by atoms with E-state index in [9.17, 15) is 0 Å². The van der Waals surface area contributed by atoms with Crippen molar-refractivity contribution in [1.82, 2.24) is 14.8 Å². The molecule has 0 aliphatic carbocycles. The summed E-state index contributed by atoms with van der Waals surface area (Å²) in [5.41, 5.74) is 2.02. The van der Waals surface area contributed by atoms with Gasteiger partial charge in [0.15, 0.2) is 0 Å². The fourth-order valence-electron chi connectivity index (χ4n) is 1.77. The first-order valence-electron chi connectivity index (χ1n) is 4.98. The van der Waals surface area contributed by atoms with Gasteiger partial charge in [-0.05, 0) is 18.4 Å². The molecule has 5 heteroatoms. The summed E-state index contributed by atoms with van der Waals surface area (Å²) in [6.45, 7) is 0. The first-order valence-corrected chi connectivity index (χ1v) is 6.21. The average molecular weight is 230 g/mol. The van der Waals surface area contributed by atoms with Crippen LogP contribution in [0.4, 0.5) is 5.69 Å². The van der Waals surface area contributed by atoms with E-state index < -0.39 is 0 Å². The molecule has 0 fully saturated rings. The van der Waals surface area contributed by atoms with Gasteiger partial charge in [0, 0.05) is 0 Å². The van der Waals surface area contributed by atoms with Crippen LogP contribution in [0.5, 0.6) is 0 Å². The highest BCUT2D eigenvalue weighted by atomic mass is 32.2. The lowest BCUT2D eigenvalue weighted by Crippen LogP contribution is -2.02. The standard InChI is InChI=1S/C11H10N4S/c1-16-11-6-10-14-12-7-15(10)9-5-3-2-4-8(9)13-11/h2-5,7H,6H2,1H3. The quantitative estimate of drug-likeness (QED) is 0.697. The van der Waals surface area contributed by atoms with Crippen molar-refractivity contribution in [3.63, 3.8) is 0 Å². The van der Waals surface area contributed by atoms with Gasteiger partial charge in [0.05, 0.1) is 22.8 Å². The predicted molar refractivity (Wildman–Crippen MR) is 65.7 cm³/mol. The molecule has 1 aliphatic rings. The van der Waals surface area contributed by atoms with Gasteiger partial charge in [-0.15, -0.1) is 22.0 Å². The topological polar surface area (TPSA) is 43.1 Å². The lowest BCUT2D eigenvalue weighted by atomic mass is 10.2. The largest absolute Gasteiger partial charge is 0.283 e. The van der Waals surface area contributed by atoms with Gasteiger partial charge in [-0.3, -0.25) is 4.57 Å². The molecule has 2 heterocycles. The highest BCUT2D eigenvalue weighted by molar-refractivity contribution is 8.13. The Hall–Kier alpha value is -1.62. The number of aliphatic imine (C=N–C) groups is 1. The van der Waals surface area contributed by atoms with Gasteiger partial charge in [-0.25, -0.2) is 4.99 Å². The number of rotatable bonds is 0. The van der Waals surface area contributed by atoms with E-state index in [0.29, 0.717) is 0 Å². The van der Waals surface area contributed by atoms with E-state index in [1.807, 2.05) is 35.1 Å². The van der Waals surface area contributed by atoms with Crippen molar-refractivity contribution in [3.8, 4) is 5.69 Å². The van der Waals surface area contributed by atoms with Gasteiger partial charge in [0.1, 0.15) is 12.2 Å². The normalized spacial score (nSPS) is 13.7. The molecule has 0 saturated carbocycles. The zero-order valence-electron chi connectivity index (χ0n) is 8.79. The number of hydrogen-bond donors (Lipinski definition) is 0. The summed E-state index contributed by atoms with van der Waals surface area (Å²) >= 11 is 1.66. The number of para-hydroxylation sites is 2. The van der Waals surface area contributed by atoms with Crippen molar-refractivity contribution < 1.29 is 0 Å². The van der Waals surface area contributed by atoms with Crippen LogP contribution in [0.2, 0.25) is 0 Å². The Labute approximate surface area is 97.4 Å². The molecule has 0 unspecified atom stereocenters. The van der Waals surface area contributed by atoms with E-state index in [1.54, 1.807) is 18.1 Å². The van der Waals surface area contributed by atoms with E-state index in [1.165, 1.54) is 0 Å². The molecular formula is C11H10N4S. The second-order valence-corrected chi connectivity index (χ2v) is 4.37. The predicted octanol–water partition coefficient (Wildman–Crippen LogP) is 2.22. The second kappa shape index (κ2) is 3.75. The molecule has 3 rings (SSSR count). The van der Waals surface area contributed by atoms with E-state index in [0.717, 1.165) is 28.7 Å². The van der Waals surface area contributed by atoms with E-state index in [2.05, 4.69) is 15.2 Å². The van der Waals surface area contributed by atoms with Crippen LogP contribution in [0.25, 0.3) is 5.69 Å². The van der Waals surface area contributed by atoms with Crippen molar-refractivity contribution in [2.75, 3.05) is 6.26 Å². The number of aromatic nitrogens is 3. The SMILES string of the molecule is CSC1=Nc2ccccc2-n2cnnc2C1. The summed E-state index contributed by atoms with van der Waals surface area (Å²) in [4.78, 5) is 4.64. The van der Waals surface area contributed by atoms with Crippen LogP contribution < -0.4 is 0 Å². The van der Waals surface area contributed by atoms with Gasteiger partial charge in [0.2, 0.25) is 0 Å².